The van der Waals surface area contributed by atoms with Crippen molar-refractivity contribution in [3.8, 4) is 0 Å². The van der Waals surface area contributed by atoms with Crippen molar-refractivity contribution in [2.45, 2.75) is 0 Å². The molecule has 1 rings (SSSR count). The first-order valence-corrected chi connectivity index (χ1v) is 4.18. The number of rotatable bonds is 5. The van der Waals surface area contributed by atoms with Gasteiger partial charge in [0, 0.05) is 6.20 Å². The Morgan fingerprint density at radius 3 is 2.27 bits per heavy atom. The van der Waals surface area contributed by atoms with Crippen LogP contribution in [-0.2, 0) is 9.59 Å². The van der Waals surface area contributed by atoms with Gasteiger partial charge in [0.25, 0.3) is 0 Å². The monoisotopic (exact) mass is 210 g/mol. The third kappa shape index (κ3) is 3.63. The maximum atomic E-state index is 10.5. The first-order valence-electron chi connectivity index (χ1n) is 4.18. The maximum Gasteiger partial charge on any atom is 0.323 e. The van der Waals surface area contributed by atoms with Gasteiger partial charge in [-0.1, -0.05) is 0 Å². The number of hydrogen-bond acceptors (Lipinski definition) is 4. The lowest BCUT2D eigenvalue weighted by atomic mass is 10.3. The number of anilines is 1. The van der Waals surface area contributed by atoms with Gasteiger partial charge in [0.15, 0.2) is 0 Å². The fourth-order valence-electron chi connectivity index (χ4n) is 1.11. The highest BCUT2D eigenvalue weighted by atomic mass is 16.4. The van der Waals surface area contributed by atoms with Crippen LogP contribution >= 0.6 is 0 Å². The van der Waals surface area contributed by atoms with Crippen molar-refractivity contribution < 1.29 is 19.8 Å². The molecule has 0 unspecified atom stereocenters. The third-order valence-corrected chi connectivity index (χ3v) is 1.66. The normalized spacial score (nSPS) is 9.60. The number of nitrogens with zero attached hydrogens (tertiary/aromatic N) is 2. The van der Waals surface area contributed by atoms with E-state index in [4.69, 9.17) is 10.2 Å². The van der Waals surface area contributed by atoms with Crippen molar-refractivity contribution in [1.29, 1.82) is 0 Å². The van der Waals surface area contributed by atoms with E-state index in [1.54, 1.807) is 12.1 Å². The van der Waals surface area contributed by atoms with Crippen molar-refractivity contribution in [2.75, 3.05) is 18.0 Å². The van der Waals surface area contributed by atoms with Gasteiger partial charge in [0.1, 0.15) is 13.1 Å². The minimum atomic E-state index is -1.08. The quantitative estimate of drug-likeness (QED) is 0.714. The molecule has 0 radical (unpaired) electrons. The summed E-state index contributed by atoms with van der Waals surface area (Å²) in [5.74, 6) is -2.17. The topological polar surface area (TPSA) is 90.7 Å². The second-order valence-electron chi connectivity index (χ2n) is 2.85. The van der Waals surface area contributed by atoms with Crippen LogP contribution in [0.1, 0.15) is 0 Å². The maximum absolute atomic E-state index is 10.5. The Balaban J connectivity index is 2.81. The molecule has 0 amide bonds. The number of carboxylic acids is 2. The smallest absolute Gasteiger partial charge is 0.323 e. The summed E-state index contributed by atoms with van der Waals surface area (Å²) in [7, 11) is 0. The molecule has 0 fully saturated rings. The van der Waals surface area contributed by atoms with Gasteiger partial charge in [-0.05, 0) is 12.1 Å². The molecular formula is C9H10N2O4. The summed E-state index contributed by atoms with van der Waals surface area (Å²) in [6, 6.07) is 3.23. The van der Waals surface area contributed by atoms with Crippen LogP contribution in [-0.4, -0.2) is 40.2 Å². The number of aromatic nitrogens is 1. The summed E-state index contributed by atoms with van der Waals surface area (Å²) in [5.41, 5.74) is 0.474. The van der Waals surface area contributed by atoms with Crippen LogP contribution in [0.4, 0.5) is 5.69 Å². The van der Waals surface area contributed by atoms with E-state index in [9.17, 15) is 9.59 Å². The molecule has 0 aliphatic rings. The third-order valence-electron chi connectivity index (χ3n) is 1.66. The average Bonchev–Trinajstić information content (AvgIpc) is 2.17. The second-order valence-corrected chi connectivity index (χ2v) is 2.85. The van der Waals surface area contributed by atoms with Crippen LogP contribution in [0.5, 0.6) is 0 Å². The zero-order valence-electron chi connectivity index (χ0n) is 7.83. The molecule has 1 aromatic heterocycles. The molecule has 0 bridgehead atoms. The fraction of sp³-hybridized carbons (Fsp3) is 0.222. The van der Waals surface area contributed by atoms with Crippen LogP contribution < -0.4 is 4.90 Å². The number of carboxylic acid groups (broad SMARTS) is 2. The summed E-state index contributed by atoms with van der Waals surface area (Å²) in [6.45, 7) is -0.726. The molecule has 0 atom stereocenters. The largest absolute Gasteiger partial charge is 0.480 e. The van der Waals surface area contributed by atoms with E-state index in [1.165, 1.54) is 17.3 Å². The molecule has 80 valence electrons. The second kappa shape index (κ2) is 4.94. The van der Waals surface area contributed by atoms with Crippen molar-refractivity contribution in [3.63, 3.8) is 0 Å². The molecule has 1 aromatic rings. The molecule has 1 heterocycles. The predicted molar refractivity (Wildman–Crippen MR) is 51.7 cm³/mol. The molecule has 0 saturated heterocycles. The van der Waals surface area contributed by atoms with E-state index in [0.717, 1.165) is 0 Å². The number of carbonyl (C=O) groups is 2. The van der Waals surface area contributed by atoms with Crippen molar-refractivity contribution >= 4 is 17.6 Å². The summed E-state index contributed by atoms with van der Waals surface area (Å²) in [6.07, 6.45) is 2.95. The van der Waals surface area contributed by atoms with Gasteiger partial charge >= 0.3 is 11.9 Å². The lowest BCUT2D eigenvalue weighted by Crippen LogP contribution is -2.34. The van der Waals surface area contributed by atoms with Gasteiger partial charge in [-0.15, -0.1) is 0 Å². The Bertz CT molecular complexity index is 336. The van der Waals surface area contributed by atoms with Gasteiger partial charge < -0.3 is 15.1 Å². The van der Waals surface area contributed by atoms with E-state index in [0.29, 0.717) is 5.69 Å². The van der Waals surface area contributed by atoms with Crippen molar-refractivity contribution in [2.24, 2.45) is 0 Å². The highest BCUT2D eigenvalue weighted by Gasteiger charge is 2.13. The minimum absolute atomic E-state index is 0.363. The van der Waals surface area contributed by atoms with Crippen LogP contribution in [0.15, 0.2) is 24.5 Å². The van der Waals surface area contributed by atoms with Gasteiger partial charge in [-0.25, -0.2) is 0 Å². The van der Waals surface area contributed by atoms with Gasteiger partial charge in [-0.3, -0.25) is 14.6 Å². The zero-order chi connectivity index (χ0) is 11.3. The molecule has 0 saturated carbocycles. The van der Waals surface area contributed by atoms with E-state index < -0.39 is 11.9 Å². The predicted octanol–water partition coefficient (Wildman–Crippen LogP) is 0.0572. The fourth-order valence-corrected chi connectivity index (χ4v) is 1.11. The zero-order valence-corrected chi connectivity index (χ0v) is 7.83. The van der Waals surface area contributed by atoms with Gasteiger partial charge in [-0.2, -0.15) is 0 Å². The first kappa shape index (κ1) is 11.0. The van der Waals surface area contributed by atoms with E-state index in [2.05, 4.69) is 4.98 Å². The van der Waals surface area contributed by atoms with E-state index in [-0.39, 0.29) is 13.1 Å². The highest BCUT2D eigenvalue weighted by Crippen LogP contribution is 2.10. The molecule has 6 heteroatoms. The van der Waals surface area contributed by atoms with Gasteiger partial charge in [0.2, 0.25) is 0 Å². The Labute approximate surface area is 85.8 Å². The molecular weight excluding hydrogens is 200 g/mol. The standard InChI is InChI=1S/C9H10N2O4/c12-8(13)5-11(6-9(14)15)7-2-1-3-10-4-7/h1-4H,5-6H2,(H,12,13)(H,14,15). The highest BCUT2D eigenvalue weighted by molar-refractivity contribution is 5.79. The lowest BCUT2D eigenvalue weighted by molar-refractivity contribution is -0.136. The van der Waals surface area contributed by atoms with Crippen LogP contribution in [0.2, 0.25) is 0 Å². The Morgan fingerprint density at radius 2 is 1.87 bits per heavy atom. The Hall–Kier alpha value is -2.11. The lowest BCUT2D eigenvalue weighted by Gasteiger charge is -2.19. The van der Waals surface area contributed by atoms with Crippen LogP contribution in [0.25, 0.3) is 0 Å². The number of pyridine rings is 1. The molecule has 2 N–H and O–H groups in total. The summed E-state index contributed by atoms with van der Waals surface area (Å²) in [4.78, 5) is 26.0. The van der Waals surface area contributed by atoms with E-state index >= 15 is 0 Å². The summed E-state index contributed by atoms with van der Waals surface area (Å²) in [5, 5.41) is 17.2. The molecule has 6 nitrogen and oxygen atoms in total. The number of hydrogen-bond donors (Lipinski definition) is 2. The SMILES string of the molecule is O=C(O)CN(CC(=O)O)c1cccnc1. The Kier molecular flexibility index (Phi) is 3.61. The first-order chi connectivity index (χ1) is 7.09. The van der Waals surface area contributed by atoms with Gasteiger partial charge in [0.05, 0.1) is 11.9 Å². The molecule has 15 heavy (non-hydrogen) atoms. The average molecular weight is 210 g/mol. The summed E-state index contributed by atoms with van der Waals surface area (Å²) < 4.78 is 0. The summed E-state index contributed by atoms with van der Waals surface area (Å²) >= 11 is 0. The molecule has 0 aliphatic heterocycles. The molecule has 0 spiro atoms. The number of aliphatic carboxylic acids is 2. The van der Waals surface area contributed by atoms with Crippen LogP contribution in [0.3, 0.4) is 0 Å². The van der Waals surface area contributed by atoms with Crippen LogP contribution in [0, 0.1) is 0 Å². The molecule has 0 aromatic carbocycles. The van der Waals surface area contributed by atoms with Crippen molar-refractivity contribution in [3.05, 3.63) is 24.5 Å². The molecule has 0 aliphatic carbocycles. The minimum Gasteiger partial charge on any atom is -0.480 e. The Morgan fingerprint density at radius 1 is 1.27 bits per heavy atom. The van der Waals surface area contributed by atoms with E-state index in [1.807, 2.05) is 0 Å². The van der Waals surface area contributed by atoms with Crippen molar-refractivity contribution in [1.82, 2.24) is 4.98 Å².